The summed E-state index contributed by atoms with van der Waals surface area (Å²) in [6, 6.07) is 23.2. The number of esters is 1. The zero-order chi connectivity index (χ0) is 27.2. The monoisotopic (exact) mass is 524 g/mol. The second-order valence-corrected chi connectivity index (χ2v) is 11.7. The number of anilines is 1. The van der Waals surface area contributed by atoms with Crippen LogP contribution in [0.1, 0.15) is 63.0 Å². The van der Waals surface area contributed by atoms with Crippen molar-refractivity contribution in [1.29, 1.82) is 10.5 Å². The van der Waals surface area contributed by atoms with Crippen LogP contribution in [0.3, 0.4) is 0 Å². The van der Waals surface area contributed by atoms with Gasteiger partial charge in [0.2, 0.25) is 0 Å². The van der Waals surface area contributed by atoms with Gasteiger partial charge >= 0.3 is 5.97 Å². The summed E-state index contributed by atoms with van der Waals surface area (Å²) in [6.07, 6.45) is 5.80. The van der Waals surface area contributed by atoms with E-state index in [0.717, 1.165) is 76.8 Å². The van der Waals surface area contributed by atoms with Crippen LogP contribution in [0.2, 0.25) is 0 Å². The summed E-state index contributed by atoms with van der Waals surface area (Å²) < 4.78 is 6.02. The van der Waals surface area contributed by atoms with Crippen molar-refractivity contribution in [2.24, 2.45) is 17.8 Å². The van der Waals surface area contributed by atoms with Crippen LogP contribution in [0.5, 0.6) is 0 Å². The second kappa shape index (κ2) is 12.2. The number of hydrogen-bond donors (Lipinski definition) is 0. The lowest BCUT2D eigenvalue weighted by atomic mass is 9.59. The molecule has 2 saturated heterocycles. The average molecular weight is 525 g/mol. The molecule has 1 saturated carbocycles. The van der Waals surface area contributed by atoms with Crippen LogP contribution < -0.4 is 4.90 Å². The van der Waals surface area contributed by atoms with Gasteiger partial charge in [0.25, 0.3) is 0 Å². The van der Waals surface area contributed by atoms with Gasteiger partial charge in [0.05, 0.1) is 23.1 Å². The third kappa shape index (κ3) is 5.68. The molecule has 3 atom stereocenters. The number of piperidine rings is 1. The predicted molar refractivity (Wildman–Crippen MR) is 152 cm³/mol. The highest BCUT2D eigenvalue weighted by molar-refractivity contribution is 5.69. The molecule has 0 aromatic heterocycles. The highest BCUT2D eigenvalue weighted by atomic mass is 16.5. The van der Waals surface area contributed by atoms with E-state index in [1.165, 1.54) is 5.69 Å². The molecule has 5 rings (SSSR count). The molecule has 0 bridgehead atoms. The summed E-state index contributed by atoms with van der Waals surface area (Å²) in [5.74, 6) is 0.798. The summed E-state index contributed by atoms with van der Waals surface area (Å²) in [6.45, 7) is 7.18. The van der Waals surface area contributed by atoms with E-state index in [2.05, 4.69) is 34.1 Å². The number of ether oxygens (including phenoxy) is 1. The highest BCUT2D eigenvalue weighted by Gasteiger charge is 2.53. The van der Waals surface area contributed by atoms with Crippen molar-refractivity contribution in [1.82, 2.24) is 4.90 Å². The van der Waals surface area contributed by atoms with Gasteiger partial charge < -0.3 is 14.5 Å². The first-order valence-electron chi connectivity index (χ1n) is 14.7. The van der Waals surface area contributed by atoms with Gasteiger partial charge in [0.15, 0.2) is 0 Å². The minimum absolute atomic E-state index is 0.0369. The fourth-order valence-corrected chi connectivity index (χ4v) is 7.30. The number of nitriles is 2. The van der Waals surface area contributed by atoms with E-state index in [9.17, 15) is 10.1 Å². The summed E-state index contributed by atoms with van der Waals surface area (Å²) >= 11 is 0. The van der Waals surface area contributed by atoms with E-state index in [1.54, 1.807) is 0 Å². The minimum atomic E-state index is -0.635. The quantitative estimate of drug-likeness (QED) is 0.393. The molecule has 0 N–H and O–H groups in total. The normalized spacial score (nSPS) is 23.8. The predicted octanol–water partition coefficient (Wildman–Crippen LogP) is 5.68. The molecule has 2 aromatic carbocycles. The van der Waals surface area contributed by atoms with Gasteiger partial charge in [-0.1, -0.05) is 37.3 Å². The molecule has 204 valence electrons. The minimum Gasteiger partial charge on any atom is -0.462 e. The van der Waals surface area contributed by atoms with Crippen LogP contribution in [0.15, 0.2) is 54.6 Å². The van der Waals surface area contributed by atoms with Crippen molar-refractivity contribution in [3.05, 3.63) is 65.7 Å². The molecular formula is C33H40N4O2. The molecule has 6 heteroatoms. The first kappa shape index (κ1) is 27.2. The standard InChI is InChI=1S/C33H40N4O2/c1-2-7-32(38)39-31-11-6-10-30(31)33(24-35,27-8-4-3-5-9-27)28-16-18-36(19-17-28)21-26-22-37(23-26)29-14-12-25(20-34)13-15-29/h3-5,8-9,12-15,26,28,30-31H,2,6-7,10-11,16-19,21-23H2,1H3/t30-,31-,33+/m0/s1. The average Bonchev–Trinajstić information content (AvgIpc) is 3.41. The van der Waals surface area contributed by atoms with Crippen molar-refractivity contribution >= 4 is 11.7 Å². The number of benzene rings is 2. The summed E-state index contributed by atoms with van der Waals surface area (Å²) in [4.78, 5) is 17.4. The maximum absolute atomic E-state index is 12.5. The molecule has 3 aliphatic rings. The zero-order valence-electron chi connectivity index (χ0n) is 23.1. The van der Waals surface area contributed by atoms with E-state index in [4.69, 9.17) is 10.00 Å². The van der Waals surface area contributed by atoms with Crippen LogP contribution in [-0.4, -0.2) is 49.7 Å². The first-order chi connectivity index (χ1) is 19.1. The van der Waals surface area contributed by atoms with Gasteiger partial charge in [-0.05, 0) is 87.4 Å². The Kier molecular flexibility index (Phi) is 8.53. The van der Waals surface area contributed by atoms with Gasteiger partial charge in [0, 0.05) is 43.6 Å². The van der Waals surface area contributed by atoms with Crippen molar-refractivity contribution in [2.45, 2.75) is 63.4 Å². The van der Waals surface area contributed by atoms with E-state index in [1.807, 2.05) is 49.4 Å². The molecule has 0 radical (unpaired) electrons. The number of likely N-dealkylation sites (tertiary alicyclic amines) is 1. The topological polar surface area (TPSA) is 80.4 Å². The largest absolute Gasteiger partial charge is 0.462 e. The molecule has 0 spiro atoms. The Morgan fingerprint density at radius 2 is 1.72 bits per heavy atom. The Hall–Kier alpha value is -3.35. The smallest absolute Gasteiger partial charge is 0.306 e. The second-order valence-electron chi connectivity index (χ2n) is 11.7. The first-order valence-corrected chi connectivity index (χ1v) is 14.7. The molecule has 39 heavy (non-hydrogen) atoms. The molecular weight excluding hydrogens is 484 g/mol. The van der Waals surface area contributed by atoms with Gasteiger partial charge in [0.1, 0.15) is 6.10 Å². The molecule has 2 aromatic rings. The number of carbonyl (C=O) groups is 1. The Balaban J connectivity index is 1.24. The maximum Gasteiger partial charge on any atom is 0.306 e. The third-order valence-corrected chi connectivity index (χ3v) is 9.28. The van der Waals surface area contributed by atoms with Gasteiger partial charge in [-0.25, -0.2) is 0 Å². The van der Waals surface area contributed by atoms with Gasteiger partial charge in [-0.3, -0.25) is 4.79 Å². The van der Waals surface area contributed by atoms with E-state index < -0.39 is 5.41 Å². The number of nitrogens with zero attached hydrogens (tertiary/aromatic N) is 4. The summed E-state index contributed by atoms with van der Waals surface area (Å²) in [5.41, 5.74) is 2.35. The van der Waals surface area contributed by atoms with Crippen LogP contribution in [0, 0.1) is 40.4 Å². The van der Waals surface area contributed by atoms with E-state index in [0.29, 0.717) is 17.9 Å². The van der Waals surface area contributed by atoms with Crippen LogP contribution in [0.4, 0.5) is 5.69 Å². The lowest BCUT2D eigenvalue weighted by molar-refractivity contribution is -0.152. The van der Waals surface area contributed by atoms with Crippen LogP contribution in [-0.2, 0) is 14.9 Å². The molecule has 2 heterocycles. The fraction of sp³-hybridized carbons (Fsp3) is 0.545. The van der Waals surface area contributed by atoms with Gasteiger partial charge in [-0.15, -0.1) is 0 Å². The van der Waals surface area contributed by atoms with Crippen molar-refractivity contribution in [3.8, 4) is 12.1 Å². The molecule has 3 fully saturated rings. The number of carbonyl (C=O) groups excluding carboxylic acids is 1. The van der Waals surface area contributed by atoms with Crippen LogP contribution >= 0.6 is 0 Å². The fourth-order valence-electron chi connectivity index (χ4n) is 7.30. The van der Waals surface area contributed by atoms with Crippen molar-refractivity contribution in [2.75, 3.05) is 37.6 Å². The Labute approximate surface area is 233 Å². The molecule has 0 amide bonds. The molecule has 6 nitrogen and oxygen atoms in total. The Bertz CT molecular complexity index is 1190. The molecule has 1 aliphatic carbocycles. The lowest BCUT2D eigenvalue weighted by Gasteiger charge is -2.48. The SMILES string of the molecule is CCCC(=O)O[C@H]1CCC[C@@H]1[C@](C#N)(c1ccccc1)C1CCN(CC2CN(c3ccc(C#N)cc3)C2)CC1. The van der Waals surface area contributed by atoms with Crippen molar-refractivity contribution < 1.29 is 9.53 Å². The third-order valence-electron chi connectivity index (χ3n) is 9.28. The Morgan fingerprint density at radius 1 is 1.00 bits per heavy atom. The molecule has 2 aliphatic heterocycles. The maximum atomic E-state index is 12.5. The summed E-state index contributed by atoms with van der Waals surface area (Å²) in [7, 11) is 0. The lowest BCUT2D eigenvalue weighted by Crippen LogP contribution is -2.54. The summed E-state index contributed by atoms with van der Waals surface area (Å²) in [5, 5.41) is 19.9. The highest BCUT2D eigenvalue weighted by Crippen LogP contribution is 2.51. The zero-order valence-corrected chi connectivity index (χ0v) is 23.1. The van der Waals surface area contributed by atoms with E-state index >= 15 is 0 Å². The number of rotatable bonds is 9. The van der Waals surface area contributed by atoms with Gasteiger partial charge in [-0.2, -0.15) is 10.5 Å². The van der Waals surface area contributed by atoms with Crippen LogP contribution in [0.25, 0.3) is 0 Å². The molecule has 0 unspecified atom stereocenters. The Morgan fingerprint density at radius 3 is 2.36 bits per heavy atom. The van der Waals surface area contributed by atoms with Crippen molar-refractivity contribution in [3.63, 3.8) is 0 Å². The number of hydrogen-bond acceptors (Lipinski definition) is 6. The van der Waals surface area contributed by atoms with E-state index in [-0.39, 0.29) is 23.9 Å².